The molecular weight excluding hydrogens is 359 g/mol. The summed E-state index contributed by atoms with van der Waals surface area (Å²) in [4.78, 5) is 22.7. The van der Waals surface area contributed by atoms with Gasteiger partial charge in [0.05, 0.1) is 0 Å². The van der Waals surface area contributed by atoms with Gasteiger partial charge in [0.15, 0.2) is 0 Å². The molecule has 23 heavy (non-hydrogen) atoms. The quantitative estimate of drug-likeness (QED) is 0.398. The molecule has 0 radical (unpaired) electrons. The van der Waals surface area contributed by atoms with Gasteiger partial charge >= 0.3 is 136 Å². The minimum atomic E-state index is -0.352. The SMILES string of the molecule is O=c1ccc2ccc([Se]c3ccc4ccc(=O)oc4c3)cc2o1. The summed E-state index contributed by atoms with van der Waals surface area (Å²) >= 11 is 0.0190. The predicted octanol–water partition coefficient (Wildman–Crippen LogP) is 1.55. The van der Waals surface area contributed by atoms with Crippen LogP contribution in [0.5, 0.6) is 0 Å². The number of hydrogen-bond donors (Lipinski definition) is 0. The van der Waals surface area contributed by atoms with Crippen molar-refractivity contribution >= 4 is 45.8 Å². The van der Waals surface area contributed by atoms with Crippen molar-refractivity contribution in [3.63, 3.8) is 0 Å². The summed E-state index contributed by atoms with van der Waals surface area (Å²) in [6.45, 7) is 0. The first-order valence-electron chi connectivity index (χ1n) is 6.93. The summed E-state index contributed by atoms with van der Waals surface area (Å²) in [5.74, 6) is 0. The van der Waals surface area contributed by atoms with Gasteiger partial charge in [-0.1, -0.05) is 0 Å². The first kappa shape index (κ1) is 14.0. The first-order chi connectivity index (χ1) is 11.2. The van der Waals surface area contributed by atoms with Crippen LogP contribution in [-0.2, 0) is 0 Å². The van der Waals surface area contributed by atoms with Crippen LogP contribution in [0.3, 0.4) is 0 Å². The van der Waals surface area contributed by atoms with Crippen LogP contribution in [0.4, 0.5) is 0 Å². The molecule has 0 N–H and O–H groups in total. The third-order valence-corrected chi connectivity index (χ3v) is 5.48. The van der Waals surface area contributed by atoms with E-state index in [1.165, 1.54) is 12.1 Å². The van der Waals surface area contributed by atoms with Crippen LogP contribution in [0, 0.1) is 0 Å². The molecule has 112 valence electrons. The van der Waals surface area contributed by atoms with Crippen molar-refractivity contribution in [3.8, 4) is 0 Å². The summed E-state index contributed by atoms with van der Waals surface area (Å²) in [6.07, 6.45) is 0. The fourth-order valence-electron chi connectivity index (χ4n) is 2.35. The average molecular weight is 369 g/mol. The second-order valence-corrected chi connectivity index (χ2v) is 7.42. The molecule has 0 amide bonds. The van der Waals surface area contributed by atoms with Crippen LogP contribution in [0.2, 0.25) is 0 Å². The second-order valence-electron chi connectivity index (χ2n) is 5.01. The van der Waals surface area contributed by atoms with Crippen molar-refractivity contribution in [1.29, 1.82) is 0 Å². The van der Waals surface area contributed by atoms with Crippen LogP contribution in [0.25, 0.3) is 21.9 Å². The Kier molecular flexibility index (Phi) is 3.37. The molecule has 0 fully saturated rings. The summed E-state index contributed by atoms with van der Waals surface area (Å²) in [5, 5.41) is 1.79. The van der Waals surface area contributed by atoms with Gasteiger partial charge in [-0.05, 0) is 0 Å². The molecule has 0 atom stereocenters. The van der Waals surface area contributed by atoms with E-state index < -0.39 is 0 Å². The Morgan fingerprint density at radius 2 is 1.04 bits per heavy atom. The summed E-state index contributed by atoms with van der Waals surface area (Å²) in [6, 6.07) is 18.0. The summed E-state index contributed by atoms with van der Waals surface area (Å²) in [7, 11) is 0. The Labute approximate surface area is 136 Å². The molecule has 0 aliphatic rings. The van der Waals surface area contributed by atoms with E-state index in [1.807, 2.05) is 36.4 Å². The van der Waals surface area contributed by atoms with Gasteiger partial charge in [-0.25, -0.2) is 0 Å². The average Bonchev–Trinajstić information content (AvgIpc) is 2.54. The van der Waals surface area contributed by atoms with Crippen LogP contribution >= 0.6 is 0 Å². The summed E-state index contributed by atoms with van der Waals surface area (Å²) < 4.78 is 12.6. The molecule has 2 heterocycles. The minimum absolute atomic E-state index is 0.0190. The van der Waals surface area contributed by atoms with E-state index in [-0.39, 0.29) is 26.2 Å². The van der Waals surface area contributed by atoms with Crippen molar-refractivity contribution < 1.29 is 8.83 Å². The molecule has 0 aliphatic heterocycles. The zero-order valence-electron chi connectivity index (χ0n) is 11.8. The maximum absolute atomic E-state index is 11.3. The second kappa shape index (κ2) is 5.54. The Balaban J connectivity index is 1.74. The fourth-order valence-corrected chi connectivity index (χ4v) is 4.18. The Bertz CT molecular complexity index is 1050. The van der Waals surface area contributed by atoms with Gasteiger partial charge in [0, 0.05) is 0 Å². The summed E-state index contributed by atoms with van der Waals surface area (Å²) in [5.41, 5.74) is 0.470. The Morgan fingerprint density at radius 3 is 1.52 bits per heavy atom. The van der Waals surface area contributed by atoms with E-state index >= 15 is 0 Å². The van der Waals surface area contributed by atoms with Crippen LogP contribution < -0.4 is 20.2 Å². The monoisotopic (exact) mass is 370 g/mol. The van der Waals surface area contributed by atoms with Crippen molar-refractivity contribution in [1.82, 2.24) is 0 Å². The van der Waals surface area contributed by atoms with Gasteiger partial charge in [0.1, 0.15) is 0 Å². The van der Waals surface area contributed by atoms with Crippen molar-refractivity contribution in [3.05, 3.63) is 81.5 Å². The molecule has 4 nitrogen and oxygen atoms in total. The molecule has 2 aromatic carbocycles. The molecule has 0 unspecified atom stereocenters. The van der Waals surface area contributed by atoms with Crippen molar-refractivity contribution in [2.45, 2.75) is 0 Å². The van der Waals surface area contributed by atoms with Crippen LogP contribution in [0.15, 0.2) is 79.1 Å². The van der Waals surface area contributed by atoms with Crippen LogP contribution in [-0.4, -0.2) is 15.0 Å². The van der Waals surface area contributed by atoms with Gasteiger partial charge in [-0.3, -0.25) is 0 Å². The molecule has 2 aromatic heterocycles. The standard InChI is InChI=1S/C18H10O4Se/c19-17-7-3-11-1-5-13(9-15(11)21-17)23-14-6-2-12-4-8-18(20)22-16(12)10-14/h1-10H. The normalized spacial score (nSPS) is 11.1. The number of benzene rings is 2. The number of hydrogen-bond acceptors (Lipinski definition) is 4. The van der Waals surface area contributed by atoms with Crippen LogP contribution in [0.1, 0.15) is 0 Å². The van der Waals surface area contributed by atoms with E-state index in [2.05, 4.69) is 0 Å². The van der Waals surface area contributed by atoms with Crippen molar-refractivity contribution in [2.75, 3.05) is 0 Å². The third-order valence-electron chi connectivity index (χ3n) is 3.42. The van der Waals surface area contributed by atoms with Gasteiger partial charge in [0.25, 0.3) is 0 Å². The molecular formula is C18H10O4Se. The van der Waals surface area contributed by atoms with E-state index in [0.29, 0.717) is 11.2 Å². The predicted molar refractivity (Wildman–Crippen MR) is 90.0 cm³/mol. The molecule has 4 rings (SSSR count). The molecule has 5 heteroatoms. The zero-order chi connectivity index (χ0) is 15.8. The number of rotatable bonds is 2. The van der Waals surface area contributed by atoms with E-state index in [1.54, 1.807) is 12.1 Å². The first-order valence-corrected chi connectivity index (χ1v) is 8.64. The third kappa shape index (κ3) is 2.84. The fraction of sp³-hybridized carbons (Fsp3) is 0. The molecule has 0 bridgehead atoms. The Hall–Kier alpha value is -2.62. The zero-order valence-corrected chi connectivity index (χ0v) is 13.5. The van der Waals surface area contributed by atoms with Gasteiger partial charge < -0.3 is 0 Å². The van der Waals surface area contributed by atoms with E-state index in [4.69, 9.17) is 8.83 Å². The maximum atomic E-state index is 11.3. The van der Waals surface area contributed by atoms with Crippen molar-refractivity contribution in [2.24, 2.45) is 0 Å². The number of fused-ring (bicyclic) bond motifs is 2. The Morgan fingerprint density at radius 1 is 0.609 bits per heavy atom. The topological polar surface area (TPSA) is 60.4 Å². The molecule has 4 aromatic rings. The van der Waals surface area contributed by atoms with Gasteiger partial charge in [0.2, 0.25) is 0 Å². The molecule has 0 saturated carbocycles. The van der Waals surface area contributed by atoms with E-state index in [0.717, 1.165) is 19.7 Å². The van der Waals surface area contributed by atoms with Gasteiger partial charge in [-0.15, -0.1) is 0 Å². The molecule has 0 spiro atoms. The molecule has 0 saturated heterocycles. The van der Waals surface area contributed by atoms with E-state index in [9.17, 15) is 9.59 Å². The molecule has 0 aliphatic carbocycles. The van der Waals surface area contributed by atoms with Gasteiger partial charge in [-0.2, -0.15) is 0 Å².